The van der Waals surface area contributed by atoms with Crippen LogP contribution in [0.2, 0.25) is 5.02 Å². The molecular weight excluding hydrogens is 297 g/mol. The third kappa shape index (κ3) is 3.84. The fraction of sp³-hybridized carbons (Fsp3) is 0.250. The first-order valence-corrected chi connectivity index (χ1v) is 6.63. The van der Waals surface area contributed by atoms with Crippen LogP contribution in [0.1, 0.15) is 16.3 Å². The van der Waals surface area contributed by atoms with E-state index < -0.39 is 11.7 Å². The Morgan fingerprint density at radius 1 is 1.32 bits per heavy atom. The molecule has 0 spiro atoms. The minimum Gasteiger partial charge on any atom is -0.379 e. The molecule has 1 heterocycles. The summed E-state index contributed by atoms with van der Waals surface area (Å²) in [6.45, 7) is 2.23. The molecule has 0 amide bonds. The molecule has 1 N–H and O–H groups in total. The minimum atomic E-state index is -4.40. The summed E-state index contributed by atoms with van der Waals surface area (Å²) in [6.07, 6.45) is -4.40. The molecule has 1 aromatic carbocycles. The highest BCUT2D eigenvalue weighted by Gasteiger charge is 2.31. The minimum absolute atomic E-state index is 0.0479. The van der Waals surface area contributed by atoms with Crippen LogP contribution in [0.15, 0.2) is 23.6 Å². The summed E-state index contributed by atoms with van der Waals surface area (Å²) in [5.74, 6) is 0. The Kier molecular flexibility index (Phi) is 4.01. The van der Waals surface area contributed by atoms with Crippen molar-refractivity contribution in [3.8, 4) is 0 Å². The van der Waals surface area contributed by atoms with E-state index in [9.17, 15) is 13.2 Å². The number of alkyl halides is 3. The van der Waals surface area contributed by atoms with Gasteiger partial charge in [0.15, 0.2) is 0 Å². The Hall–Kier alpha value is -1.27. The normalized spacial score (nSPS) is 11.6. The number of thiazole rings is 1. The van der Waals surface area contributed by atoms with Crippen LogP contribution >= 0.6 is 22.9 Å². The van der Waals surface area contributed by atoms with E-state index in [0.717, 1.165) is 22.8 Å². The molecule has 0 saturated heterocycles. The maximum Gasteiger partial charge on any atom is 0.416 e. The van der Waals surface area contributed by atoms with E-state index in [2.05, 4.69) is 10.3 Å². The third-order valence-electron chi connectivity index (χ3n) is 2.37. The molecule has 0 bridgehead atoms. The predicted molar refractivity (Wildman–Crippen MR) is 70.6 cm³/mol. The van der Waals surface area contributed by atoms with Crippen molar-refractivity contribution in [3.63, 3.8) is 0 Å². The standard InChI is InChI=1S/C12H10ClF3N2S/c1-7-18-11(6-19-7)5-17-10-3-8(12(14,15)16)2-9(13)4-10/h2-4,6,17H,5H2,1H3. The van der Waals surface area contributed by atoms with E-state index in [-0.39, 0.29) is 5.02 Å². The molecule has 0 unspecified atom stereocenters. The molecule has 0 atom stereocenters. The van der Waals surface area contributed by atoms with Gasteiger partial charge in [0.05, 0.1) is 22.8 Å². The summed E-state index contributed by atoms with van der Waals surface area (Å²) in [5.41, 5.74) is 0.346. The Balaban J connectivity index is 2.14. The zero-order valence-electron chi connectivity index (χ0n) is 9.88. The number of nitrogens with one attached hydrogen (secondary N) is 1. The van der Waals surface area contributed by atoms with Crippen molar-refractivity contribution in [1.29, 1.82) is 0 Å². The molecule has 102 valence electrons. The summed E-state index contributed by atoms with van der Waals surface area (Å²) in [5, 5.41) is 5.71. The quantitative estimate of drug-likeness (QED) is 0.886. The highest BCUT2D eigenvalue weighted by molar-refractivity contribution is 7.09. The van der Waals surface area contributed by atoms with Gasteiger partial charge in [-0.3, -0.25) is 0 Å². The molecule has 2 aromatic rings. The maximum atomic E-state index is 12.6. The lowest BCUT2D eigenvalue weighted by molar-refractivity contribution is -0.137. The van der Waals surface area contributed by atoms with Gasteiger partial charge in [0.25, 0.3) is 0 Å². The van der Waals surface area contributed by atoms with Crippen molar-refractivity contribution >= 4 is 28.6 Å². The van der Waals surface area contributed by atoms with E-state index in [1.54, 1.807) is 0 Å². The lowest BCUT2D eigenvalue weighted by atomic mass is 10.2. The molecule has 0 aliphatic rings. The molecule has 0 aliphatic heterocycles. The number of aryl methyl sites for hydroxylation is 1. The number of halogens is 4. The van der Waals surface area contributed by atoms with Gasteiger partial charge in [0.2, 0.25) is 0 Å². The molecule has 0 fully saturated rings. The first-order chi connectivity index (χ1) is 8.84. The van der Waals surface area contributed by atoms with Gasteiger partial charge in [0, 0.05) is 16.1 Å². The predicted octanol–water partition coefficient (Wildman–Crippen LogP) is 4.74. The van der Waals surface area contributed by atoms with Crippen molar-refractivity contribution in [2.75, 3.05) is 5.32 Å². The highest BCUT2D eigenvalue weighted by Crippen LogP contribution is 2.33. The van der Waals surface area contributed by atoms with Crippen LogP contribution in [0.25, 0.3) is 0 Å². The molecular formula is C12H10ClF3N2S. The third-order valence-corrected chi connectivity index (χ3v) is 3.41. The number of hydrogen-bond acceptors (Lipinski definition) is 3. The molecule has 2 nitrogen and oxygen atoms in total. The number of aromatic nitrogens is 1. The molecule has 1 aromatic heterocycles. The van der Waals surface area contributed by atoms with Gasteiger partial charge >= 0.3 is 6.18 Å². The second kappa shape index (κ2) is 5.38. The Labute approximate surface area is 117 Å². The first kappa shape index (κ1) is 14.1. The number of hydrogen-bond donors (Lipinski definition) is 1. The van der Waals surface area contributed by atoms with E-state index in [0.29, 0.717) is 12.2 Å². The van der Waals surface area contributed by atoms with E-state index in [4.69, 9.17) is 11.6 Å². The van der Waals surface area contributed by atoms with Crippen LogP contribution in [0.3, 0.4) is 0 Å². The number of nitrogens with zero attached hydrogens (tertiary/aromatic N) is 1. The lowest BCUT2D eigenvalue weighted by Gasteiger charge is -2.11. The summed E-state index contributed by atoms with van der Waals surface area (Å²) in [4.78, 5) is 4.22. The van der Waals surface area contributed by atoms with Crippen LogP contribution in [0, 0.1) is 6.92 Å². The number of anilines is 1. The van der Waals surface area contributed by atoms with Gasteiger partial charge < -0.3 is 5.32 Å². The van der Waals surface area contributed by atoms with E-state index >= 15 is 0 Å². The molecule has 0 radical (unpaired) electrons. The Morgan fingerprint density at radius 3 is 2.63 bits per heavy atom. The van der Waals surface area contributed by atoms with Crippen molar-refractivity contribution in [2.24, 2.45) is 0 Å². The summed E-state index contributed by atoms with van der Waals surface area (Å²) < 4.78 is 37.9. The van der Waals surface area contributed by atoms with Gasteiger partial charge in [0.1, 0.15) is 0 Å². The largest absolute Gasteiger partial charge is 0.416 e. The van der Waals surface area contributed by atoms with Gasteiger partial charge in [-0.1, -0.05) is 11.6 Å². The molecule has 0 aliphatic carbocycles. The Bertz CT molecular complexity index is 581. The zero-order valence-corrected chi connectivity index (χ0v) is 11.5. The van der Waals surface area contributed by atoms with E-state index in [1.165, 1.54) is 17.4 Å². The average Bonchev–Trinajstić information content (AvgIpc) is 2.71. The van der Waals surface area contributed by atoms with E-state index in [1.807, 2.05) is 12.3 Å². The van der Waals surface area contributed by atoms with Crippen molar-refractivity contribution in [1.82, 2.24) is 4.98 Å². The van der Waals surface area contributed by atoms with Crippen molar-refractivity contribution in [3.05, 3.63) is 44.9 Å². The van der Waals surface area contributed by atoms with Crippen LogP contribution < -0.4 is 5.32 Å². The summed E-state index contributed by atoms with van der Waals surface area (Å²) in [7, 11) is 0. The van der Waals surface area contributed by atoms with Crippen LogP contribution in [-0.4, -0.2) is 4.98 Å². The number of rotatable bonds is 3. The zero-order chi connectivity index (χ0) is 14.0. The number of benzene rings is 1. The molecule has 2 rings (SSSR count). The second-order valence-electron chi connectivity index (χ2n) is 3.94. The first-order valence-electron chi connectivity index (χ1n) is 5.37. The molecule has 7 heteroatoms. The van der Waals surface area contributed by atoms with Crippen LogP contribution in [-0.2, 0) is 12.7 Å². The lowest BCUT2D eigenvalue weighted by Crippen LogP contribution is -2.07. The smallest absolute Gasteiger partial charge is 0.379 e. The fourth-order valence-corrected chi connectivity index (χ4v) is 2.39. The second-order valence-corrected chi connectivity index (χ2v) is 5.44. The van der Waals surface area contributed by atoms with Gasteiger partial charge in [-0.2, -0.15) is 13.2 Å². The summed E-state index contributed by atoms with van der Waals surface area (Å²) >= 11 is 7.18. The van der Waals surface area contributed by atoms with Crippen molar-refractivity contribution < 1.29 is 13.2 Å². The topological polar surface area (TPSA) is 24.9 Å². The van der Waals surface area contributed by atoms with Gasteiger partial charge in [-0.05, 0) is 25.1 Å². The summed E-state index contributed by atoms with van der Waals surface area (Å²) in [6, 6.07) is 3.39. The SMILES string of the molecule is Cc1nc(CNc2cc(Cl)cc(C(F)(F)F)c2)cs1. The molecule has 19 heavy (non-hydrogen) atoms. The molecule has 0 saturated carbocycles. The fourth-order valence-electron chi connectivity index (χ4n) is 1.54. The van der Waals surface area contributed by atoms with Gasteiger partial charge in [-0.25, -0.2) is 4.98 Å². The van der Waals surface area contributed by atoms with Crippen LogP contribution in [0.5, 0.6) is 0 Å². The highest BCUT2D eigenvalue weighted by atomic mass is 35.5. The Morgan fingerprint density at radius 2 is 2.05 bits per heavy atom. The average molecular weight is 307 g/mol. The maximum absolute atomic E-state index is 12.6. The van der Waals surface area contributed by atoms with Gasteiger partial charge in [-0.15, -0.1) is 11.3 Å². The monoisotopic (exact) mass is 306 g/mol. The van der Waals surface area contributed by atoms with Crippen molar-refractivity contribution in [2.45, 2.75) is 19.6 Å². The van der Waals surface area contributed by atoms with Crippen LogP contribution in [0.4, 0.5) is 18.9 Å².